The molecule has 0 bridgehead atoms. The Morgan fingerprint density at radius 1 is 1.00 bits per heavy atom. The van der Waals surface area contributed by atoms with E-state index in [1.165, 1.54) is 24.6 Å². The minimum absolute atomic E-state index is 0.0409. The Balaban J connectivity index is 2.20. The smallest absolute Gasteiger partial charge is 0.294 e. The van der Waals surface area contributed by atoms with Crippen molar-refractivity contribution < 1.29 is 22.8 Å². The average molecular weight is 364 g/mol. The van der Waals surface area contributed by atoms with Gasteiger partial charge in [-0.25, -0.2) is 0 Å². The van der Waals surface area contributed by atoms with Gasteiger partial charge in [0.25, 0.3) is 10.1 Å². The molecule has 0 aromatic heterocycles. The zero-order chi connectivity index (χ0) is 18.3. The Bertz CT molecular complexity index is 799. The van der Waals surface area contributed by atoms with E-state index in [-0.39, 0.29) is 22.1 Å². The quantitative estimate of drug-likeness (QED) is 0.486. The number of benzene rings is 2. The van der Waals surface area contributed by atoms with Gasteiger partial charge >= 0.3 is 0 Å². The number of aromatic hydroxyl groups is 1. The van der Waals surface area contributed by atoms with E-state index in [2.05, 4.69) is 6.92 Å². The van der Waals surface area contributed by atoms with Gasteiger partial charge in [0.15, 0.2) is 11.5 Å². The first-order valence-electron chi connectivity index (χ1n) is 8.47. The van der Waals surface area contributed by atoms with Gasteiger partial charge in [0, 0.05) is 6.07 Å². The Hall–Kier alpha value is -2.05. The van der Waals surface area contributed by atoms with Gasteiger partial charge in [0.05, 0.1) is 4.90 Å². The van der Waals surface area contributed by atoms with E-state index in [1.54, 1.807) is 24.3 Å². The topological polar surface area (TPSA) is 83.8 Å². The first-order valence-corrected chi connectivity index (χ1v) is 9.91. The molecule has 2 N–H and O–H groups in total. The summed E-state index contributed by atoms with van der Waals surface area (Å²) < 4.78 is 38.0. The number of aryl methyl sites for hydroxylation is 1. The maximum absolute atomic E-state index is 11.5. The number of phenols is 1. The van der Waals surface area contributed by atoms with Crippen LogP contribution in [0.5, 0.6) is 17.2 Å². The number of rotatable bonds is 9. The van der Waals surface area contributed by atoms with Gasteiger partial charge < -0.3 is 9.84 Å². The standard InChI is InChI=1S/C19H24O5S/c1-2-3-4-5-6-9-15-12-16(14-17(13-15)25(21,22)23)24-19-11-8-7-10-18(19)20/h7-8,10-14,20H,2-6,9H2,1H3,(H,21,22,23). The zero-order valence-corrected chi connectivity index (χ0v) is 15.1. The highest BCUT2D eigenvalue weighted by Gasteiger charge is 2.14. The van der Waals surface area contributed by atoms with Gasteiger partial charge in [-0.2, -0.15) is 8.42 Å². The van der Waals surface area contributed by atoms with Gasteiger partial charge in [-0.15, -0.1) is 0 Å². The number of phenolic OH excluding ortho intramolecular Hbond substituents is 1. The summed E-state index contributed by atoms with van der Waals surface area (Å²) in [6.45, 7) is 2.15. The Morgan fingerprint density at radius 2 is 1.72 bits per heavy atom. The lowest BCUT2D eigenvalue weighted by molar-refractivity contribution is 0.410. The fourth-order valence-corrected chi connectivity index (χ4v) is 3.15. The lowest BCUT2D eigenvalue weighted by atomic mass is 10.1. The molecule has 0 saturated carbocycles. The molecule has 0 atom stereocenters. The number of hydrogen-bond donors (Lipinski definition) is 2. The van der Waals surface area contributed by atoms with E-state index in [4.69, 9.17) is 4.74 Å². The fourth-order valence-electron chi connectivity index (χ4n) is 2.59. The predicted octanol–water partition coefficient (Wildman–Crippen LogP) is 4.94. The lowest BCUT2D eigenvalue weighted by Crippen LogP contribution is -2.00. The van der Waals surface area contributed by atoms with E-state index < -0.39 is 10.1 Å². The van der Waals surface area contributed by atoms with Crippen molar-refractivity contribution in [2.75, 3.05) is 0 Å². The molecule has 0 heterocycles. The summed E-state index contributed by atoms with van der Waals surface area (Å²) in [5.41, 5.74) is 0.775. The zero-order valence-electron chi connectivity index (χ0n) is 14.3. The van der Waals surface area contributed by atoms with Crippen molar-refractivity contribution in [2.24, 2.45) is 0 Å². The molecule has 25 heavy (non-hydrogen) atoms. The summed E-state index contributed by atoms with van der Waals surface area (Å²) in [5, 5.41) is 9.80. The van der Waals surface area contributed by atoms with Gasteiger partial charge in [-0.05, 0) is 42.7 Å². The summed E-state index contributed by atoms with van der Waals surface area (Å²) >= 11 is 0. The molecule has 6 heteroatoms. The van der Waals surface area contributed by atoms with Crippen LogP contribution in [0.4, 0.5) is 0 Å². The molecule has 0 spiro atoms. The van der Waals surface area contributed by atoms with Crippen LogP contribution < -0.4 is 4.74 Å². The average Bonchev–Trinajstić information content (AvgIpc) is 2.56. The van der Waals surface area contributed by atoms with Gasteiger partial charge in [-0.1, -0.05) is 44.7 Å². The number of unbranched alkanes of at least 4 members (excludes halogenated alkanes) is 4. The highest BCUT2D eigenvalue weighted by atomic mass is 32.2. The summed E-state index contributed by atoms with van der Waals surface area (Å²) in [4.78, 5) is -0.205. The Kier molecular flexibility index (Phi) is 6.84. The van der Waals surface area contributed by atoms with Crippen LogP contribution in [-0.4, -0.2) is 18.1 Å². The molecule has 0 unspecified atom stereocenters. The number of para-hydroxylation sites is 2. The first kappa shape index (κ1) is 19.3. The van der Waals surface area contributed by atoms with Crippen molar-refractivity contribution >= 4 is 10.1 Å². The van der Waals surface area contributed by atoms with E-state index in [1.807, 2.05) is 0 Å². The molecule has 0 saturated heterocycles. The minimum atomic E-state index is -4.33. The molecule has 0 aliphatic rings. The van der Waals surface area contributed by atoms with Crippen molar-refractivity contribution in [3.8, 4) is 17.2 Å². The molecule has 136 valence electrons. The van der Waals surface area contributed by atoms with Crippen molar-refractivity contribution in [1.29, 1.82) is 0 Å². The minimum Gasteiger partial charge on any atom is -0.504 e. The molecule has 0 aliphatic heterocycles. The molecule has 0 aliphatic carbocycles. The van der Waals surface area contributed by atoms with Crippen LogP contribution >= 0.6 is 0 Å². The van der Waals surface area contributed by atoms with Crippen molar-refractivity contribution in [3.63, 3.8) is 0 Å². The van der Waals surface area contributed by atoms with E-state index in [0.717, 1.165) is 31.2 Å². The van der Waals surface area contributed by atoms with Crippen molar-refractivity contribution in [2.45, 2.75) is 50.3 Å². The second-order valence-corrected chi connectivity index (χ2v) is 7.44. The fraction of sp³-hybridized carbons (Fsp3) is 0.368. The molecule has 0 radical (unpaired) electrons. The third kappa shape index (κ3) is 6.07. The van der Waals surface area contributed by atoms with E-state index in [0.29, 0.717) is 6.42 Å². The predicted molar refractivity (Wildman–Crippen MR) is 96.9 cm³/mol. The third-order valence-corrected chi connectivity index (χ3v) is 4.73. The van der Waals surface area contributed by atoms with Gasteiger partial charge in [0.2, 0.25) is 0 Å². The monoisotopic (exact) mass is 364 g/mol. The molecule has 5 nitrogen and oxygen atoms in total. The second kappa shape index (κ2) is 8.87. The maximum atomic E-state index is 11.5. The third-order valence-electron chi connectivity index (χ3n) is 3.90. The summed E-state index contributed by atoms with van der Waals surface area (Å²) in [5.74, 6) is 0.449. The Morgan fingerprint density at radius 3 is 2.40 bits per heavy atom. The van der Waals surface area contributed by atoms with E-state index in [9.17, 15) is 18.1 Å². The normalized spacial score (nSPS) is 11.4. The van der Waals surface area contributed by atoms with Crippen LogP contribution in [0, 0.1) is 0 Å². The molecule has 0 fully saturated rings. The number of ether oxygens (including phenoxy) is 1. The SMILES string of the molecule is CCCCCCCc1cc(Oc2ccccc2O)cc(S(=O)(=O)O)c1. The summed E-state index contributed by atoms with van der Waals surface area (Å²) in [6.07, 6.45) is 6.20. The highest BCUT2D eigenvalue weighted by molar-refractivity contribution is 7.85. The summed E-state index contributed by atoms with van der Waals surface area (Å²) in [6, 6.07) is 10.9. The van der Waals surface area contributed by atoms with Crippen LogP contribution in [-0.2, 0) is 16.5 Å². The largest absolute Gasteiger partial charge is 0.504 e. The lowest BCUT2D eigenvalue weighted by Gasteiger charge is -2.11. The second-order valence-electron chi connectivity index (χ2n) is 6.02. The molecular formula is C19H24O5S. The maximum Gasteiger partial charge on any atom is 0.294 e. The van der Waals surface area contributed by atoms with Crippen LogP contribution in [0.1, 0.15) is 44.6 Å². The summed E-state index contributed by atoms with van der Waals surface area (Å²) in [7, 11) is -4.33. The van der Waals surface area contributed by atoms with E-state index >= 15 is 0 Å². The highest BCUT2D eigenvalue weighted by Crippen LogP contribution is 2.32. The van der Waals surface area contributed by atoms with Crippen LogP contribution in [0.25, 0.3) is 0 Å². The molecule has 2 rings (SSSR count). The van der Waals surface area contributed by atoms with Crippen LogP contribution in [0.3, 0.4) is 0 Å². The first-order chi connectivity index (χ1) is 11.9. The van der Waals surface area contributed by atoms with Crippen molar-refractivity contribution in [1.82, 2.24) is 0 Å². The number of hydrogen-bond acceptors (Lipinski definition) is 4. The molecule has 2 aromatic rings. The van der Waals surface area contributed by atoms with Crippen LogP contribution in [0.15, 0.2) is 47.4 Å². The molecular weight excluding hydrogens is 340 g/mol. The molecule has 2 aromatic carbocycles. The van der Waals surface area contributed by atoms with Gasteiger partial charge in [0.1, 0.15) is 5.75 Å². The Labute approximate surface area is 149 Å². The van der Waals surface area contributed by atoms with Crippen molar-refractivity contribution in [3.05, 3.63) is 48.0 Å². The molecule has 0 amide bonds. The van der Waals surface area contributed by atoms with Crippen LogP contribution in [0.2, 0.25) is 0 Å². The van der Waals surface area contributed by atoms with Gasteiger partial charge in [-0.3, -0.25) is 4.55 Å².